The van der Waals surface area contributed by atoms with E-state index in [-0.39, 0.29) is 11.4 Å². The van der Waals surface area contributed by atoms with Crippen molar-refractivity contribution in [3.05, 3.63) is 246 Å². The molecule has 0 fully saturated rings. The molecular weight excluding hydrogens is 923 g/mol. The Hall–Kier alpha value is -11.2. The smallest absolute Gasteiger partial charge is 0.177 e. The van der Waals surface area contributed by atoms with Crippen molar-refractivity contribution in [1.29, 1.82) is 10.5 Å². The highest BCUT2D eigenvalue weighted by molar-refractivity contribution is 6.12. The van der Waals surface area contributed by atoms with Gasteiger partial charge in [0.1, 0.15) is 0 Å². The minimum atomic E-state index is 0.279. The molecule has 0 radical (unpaired) electrons. The van der Waals surface area contributed by atoms with Gasteiger partial charge in [-0.05, 0) is 65.7 Å². The maximum atomic E-state index is 10.4. The molecule has 0 aliphatic heterocycles. The first-order chi connectivity index (χ1) is 36.9. The van der Waals surface area contributed by atoms with Crippen LogP contribution in [0.1, 0.15) is 11.1 Å². The van der Waals surface area contributed by atoms with E-state index in [9.17, 15) is 10.5 Å². The molecule has 0 spiro atoms. The van der Waals surface area contributed by atoms with Crippen molar-refractivity contribution in [2.24, 2.45) is 0 Å². The second-order valence-corrected chi connectivity index (χ2v) is 17.6. The van der Waals surface area contributed by atoms with E-state index in [1.807, 2.05) is 152 Å². The standard InChI is InChI=1S/C64H35N11/c1-67-50-32-48(33-51(37-50)68-2)54-36-49(64-73-61(44-21-11-5-12-22-44)70-62(74-64)45-23-13-6-14-24-45)35-53(47-30-40(38-65)29-41(31-47)39-66)58(54)75-56-26-16-15-25-52(56)55-34-46(27-28-57(55)75)63-71-59(42-17-7-3-8-18-42)69-60(72-63)43-19-9-4-10-20-43/h3-37H. The first-order valence-corrected chi connectivity index (χ1v) is 23.8. The largest absolute Gasteiger partial charge is 0.308 e. The normalized spacial score (nSPS) is 10.9. The number of rotatable bonds is 9. The van der Waals surface area contributed by atoms with Gasteiger partial charge in [0.25, 0.3) is 0 Å². The Labute approximate surface area is 430 Å². The summed E-state index contributed by atoms with van der Waals surface area (Å²) in [4.78, 5) is 38.0. The van der Waals surface area contributed by atoms with Gasteiger partial charge in [-0.25, -0.2) is 39.6 Å². The van der Waals surface area contributed by atoms with Crippen LogP contribution in [-0.2, 0) is 0 Å². The Morgan fingerprint density at radius 1 is 0.333 bits per heavy atom. The highest BCUT2D eigenvalue weighted by Crippen LogP contribution is 2.46. The molecular formula is C64H35N11. The molecule has 0 atom stereocenters. The summed E-state index contributed by atoms with van der Waals surface area (Å²) in [7, 11) is 0. The molecule has 0 aliphatic rings. The summed E-state index contributed by atoms with van der Waals surface area (Å²) in [6.07, 6.45) is 0. The molecule has 0 saturated heterocycles. The van der Waals surface area contributed by atoms with Crippen LogP contribution in [0.25, 0.3) is 128 Å². The van der Waals surface area contributed by atoms with Crippen molar-refractivity contribution in [1.82, 2.24) is 34.5 Å². The van der Waals surface area contributed by atoms with E-state index in [1.54, 1.807) is 36.4 Å². The van der Waals surface area contributed by atoms with Crippen LogP contribution in [0, 0.1) is 35.8 Å². The zero-order valence-corrected chi connectivity index (χ0v) is 39.6. The summed E-state index contributed by atoms with van der Waals surface area (Å²) in [5, 5.41) is 22.7. The van der Waals surface area contributed by atoms with Crippen molar-refractivity contribution >= 4 is 33.2 Å². The molecule has 0 saturated carbocycles. The van der Waals surface area contributed by atoms with Crippen molar-refractivity contribution in [2.75, 3.05) is 0 Å². The molecule has 0 bridgehead atoms. The van der Waals surface area contributed by atoms with Gasteiger partial charge in [-0.3, -0.25) is 0 Å². The van der Waals surface area contributed by atoms with Crippen molar-refractivity contribution in [3.8, 4) is 108 Å². The molecule has 9 aromatic carbocycles. The Morgan fingerprint density at radius 2 is 0.720 bits per heavy atom. The fourth-order valence-corrected chi connectivity index (χ4v) is 9.46. The quantitative estimate of drug-likeness (QED) is 0.130. The Morgan fingerprint density at radius 3 is 1.16 bits per heavy atom. The van der Waals surface area contributed by atoms with Crippen LogP contribution in [0.2, 0.25) is 0 Å². The average molecular weight is 958 g/mol. The summed E-state index contributed by atoms with van der Waals surface area (Å²) in [5.41, 5.74) is 10.5. The number of para-hydroxylation sites is 1. The van der Waals surface area contributed by atoms with E-state index >= 15 is 0 Å². The van der Waals surface area contributed by atoms with Gasteiger partial charge in [-0.2, -0.15) is 10.5 Å². The van der Waals surface area contributed by atoms with E-state index in [0.29, 0.717) is 79.6 Å². The van der Waals surface area contributed by atoms with Gasteiger partial charge in [0.15, 0.2) is 46.3 Å². The van der Waals surface area contributed by atoms with Gasteiger partial charge in [0.2, 0.25) is 0 Å². The molecule has 12 rings (SSSR count). The summed E-state index contributed by atoms with van der Waals surface area (Å²) in [6, 6.07) is 72.1. The molecule has 0 amide bonds. The third-order valence-corrected chi connectivity index (χ3v) is 12.9. The number of fused-ring (bicyclic) bond motifs is 3. The van der Waals surface area contributed by atoms with E-state index in [1.165, 1.54) is 0 Å². The van der Waals surface area contributed by atoms with Crippen LogP contribution >= 0.6 is 0 Å². The van der Waals surface area contributed by atoms with Crippen LogP contribution < -0.4 is 0 Å². The predicted octanol–water partition coefficient (Wildman–Crippen LogP) is 15.3. The molecule has 11 heteroatoms. The SMILES string of the molecule is [C-]#[N+]c1cc([N+]#[C-])cc(-c2cc(-c3nc(-c4ccccc4)nc(-c4ccccc4)n3)cc(-c3cc(C#N)cc(C#N)c3)c2-n2c3ccccc3c3cc(-c4nc(-c5ccccc5)nc(-c5ccccc5)n4)ccc32)c1. The molecule has 0 N–H and O–H groups in total. The first kappa shape index (κ1) is 44.9. The molecule has 3 heterocycles. The highest BCUT2D eigenvalue weighted by atomic mass is 15.0. The molecule has 11 nitrogen and oxygen atoms in total. The van der Waals surface area contributed by atoms with E-state index in [0.717, 1.165) is 49.6 Å². The maximum absolute atomic E-state index is 10.4. The minimum absolute atomic E-state index is 0.279. The van der Waals surface area contributed by atoms with Crippen molar-refractivity contribution < 1.29 is 0 Å². The first-order valence-electron chi connectivity index (χ1n) is 23.8. The van der Waals surface area contributed by atoms with Gasteiger partial charge in [-0.1, -0.05) is 158 Å². The van der Waals surface area contributed by atoms with Crippen LogP contribution in [0.4, 0.5) is 11.4 Å². The topological polar surface area (TPSA) is 139 Å². The van der Waals surface area contributed by atoms with Gasteiger partial charge in [0.05, 0.1) is 53.1 Å². The van der Waals surface area contributed by atoms with Crippen molar-refractivity contribution in [2.45, 2.75) is 0 Å². The zero-order valence-electron chi connectivity index (χ0n) is 39.6. The van der Waals surface area contributed by atoms with Crippen LogP contribution in [0.5, 0.6) is 0 Å². The lowest BCUT2D eigenvalue weighted by atomic mass is 9.90. The molecule has 3 aromatic heterocycles. The number of nitrogens with zero attached hydrogens (tertiary/aromatic N) is 11. The zero-order chi connectivity index (χ0) is 50.8. The lowest BCUT2D eigenvalue weighted by molar-refractivity contribution is 1.07. The fraction of sp³-hybridized carbons (Fsp3) is 0. The van der Waals surface area contributed by atoms with Gasteiger partial charge in [-0.15, -0.1) is 0 Å². The second kappa shape index (κ2) is 19.2. The van der Waals surface area contributed by atoms with Crippen LogP contribution in [0.15, 0.2) is 212 Å². The summed E-state index contributed by atoms with van der Waals surface area (Å²) >= 11 is 0. The maximum Gasteiger partial charge on any atom is 0.177 e. The molecule has 0 aliphatic carbocycles. The molecule has 12 aromatic rings. The molecule has 346 valence electrons. The number of hydrogen-bond acceptors (Lipinski definition) is 8. The molecule has 75 heavy (non-hydrogen) atoms. The Balaban J connectivity index is 1.18. The fourth-order valence-electron chi connectivity index (χ4n) is 9.46. The van der Waals surface area contributed by atoms with Gasteiger partial charge < -0.3 is 4.57 Å². The van der Waals surface area contributed by atoms with Gasteiger partial charge in [0, 0.05) is 55.3 Å². The number of hydrogen-bond donors (Lipinski definition) is 0. The summed E-state index contributed by atoms with van der Waals surface area (Å²) in [5.74, 6) is 2.84. The lowest BCUT2D eigenvalue weighted by Crippen LogP contribution is -2.04. The number of aromatic nitrogens is 7. The monoisotopic (exact) mass is 957 g/mol. The van der Waals surface area contributed by atoms with Crippen LogP contribution in [-0.4, -0.2) is 34.5 Å². The van der Waals surface area contributed by atoms with Crippen molar-refractivity contribution in [3.63, 3.8) is 0 Å². The van der Waals surface area contributed by atoms with Gasteiger partial charge >= 0.3 is 0 Å². The molecule has 0 unspecified atom stereocenters. The highest BCUT2D eigenvalue weighted by Gasteiger charge is 2.25. The number of nitriles is 2. The summed E-state index contributed by atoms with van der Waals surface area (Å²) < 4.78 is 2.17. The Bertz CT molecular complexity index is 4110. The average Bonchev–Trinajstić information content (AvgIpc) is 3.82. The Kier molecular flexibility index (Phi) is 11.5. The van der Waals surface area contributed by atoms with Crippen LogP contribution in [0.3, 0.4) is 0 Å². The number of benzene rings is 9. The van der Waals surface area contributed by atoms with E-state index in [4.69, 9.17) is 43.0 Å². The lowest BCUT2D eigenvalue weighted by Gasteiger charge is -2.22. The third-order valence-electron chi connectivity index (χ3n) is 12.9. The predicted molar refractivity (Wildman–Crippen MR) is 293 cm³/mol. The second-order valence-electron chi connectivity index (χ2n) is 17.6. The third kappa shape index (κ3) is 8.54. The summed E-state index contributed by atoms with van der Waals surface area (Å²) in [6.45, 7) is 16.3. The minimum Gasteiger partial charge on any atom is -0.308 e. The van der Waals surface area contributed by atoms with E-state index in [2.05, 4.69) is 50.7 Å². The van der Waals surface area contributed by atoms with E-state index < -0.39 is 0 Å².